The van der Waals surface area contributed by atoms with E-state index in [1.807, 2.05) is 0 Å². The van der Waals surface area contributed by atoms with E-state index in [2.05, 4.69) is 9.71 Å². The molecule has 0 spiro atoms. The van der Waals surface area contributed by atoms with Crippen molar-refractivity contribution in [1.29, 1.82) is 0 Å². The van der Waals surface area contributed by atoms with Gasteiger partial charge in [-0.1, -0.05) is 17.7 Å². The van der Waals surface area contributed by atoms with Crippen LogP contribution in [0.5, 0.6) is 0 Å². The SMILES string of the molecule is CC(NS(=O)(=O)c1cccnc1Cl)c1ccc(F)c(F)c1. The predicted octanol–water partition coefficient (Wildman–Crippen LogP) is 3.05. The molecule has 0 amide bonds. The van der Waals surface area contributed by atoms with Crippen LogP contribution >= 0.6 is 11.6 Å². The molecule has 1 atom stereocenters. The summed E-state index contributed by atoms with van der Waals surface area (Å²) in [7, 11) is -3.92. The van der Waals surface area contributed by atoms with Crippen LogP contribution in [0.3, 0.4) is 0 Å². The Balaban J connectivity index is 2.28. The number of aromatic nitrogens is 1. The first-order valence-electron chi connectivity index (χ1n) is 5.89. The number of nitrogens with one attached hydrogen (secondary N) is 1. The summed E-state index contributed by atoms with van der Waals surface area (Å²) < 4.78 is 52.8. The first-order chi connectivity index (χ1) is 9.81. The van der Waals surface area contributed by atoms with Crippen molar-refractivity contribution in [2.45, 2.75) is 17.9 Å². The number of hydrogen-bond donors (Lipinski definition) is 1. The molecule has 2 aromatic rings. The molecule has 112 valence electrons. The average molecular weight is 333 g/mol. The summed E-state index contributed by atoms with van der Waals surface area (Å²) in [5.74, 6) is -2.04. The summed E-state index contributed by atoms with van der Waals surface area (Å²) in [4.78, 5) is 3.51. The molecular formula is C13H11ClF2N2O2S. The molecule has 1 aromatic heterocycles. The Kier molecular flexibility index (Phi) is 4.55. The van der Waals surface area contributed by atoms with Gasteiger partial charge in [0.25, 0.3) is 0 Å². The maximum Gasteiger partial charge on any atom is 0.244 e. The Bertz CT molecular complexity index is 769. The van der Waals surface area contributed by atoms with Gasteiger partial charge in [0.15, 0.2) is 11.6 Å². The van der Waals surface area contributed by atoms with Crippen LogP contribution in [0.15, 0.2) is 41.4 Å². The van der Waals surface area contributed by atoms with E-state index in [1.54, 1.807) is 0 Å². The van der Waals surface area contributed by atoms with Crippen molar-refractivity contribution in [1.82, 2.24) is 9.71 Å². The number of hydrogen-bond acceptors (Lipinski definition) is 3. The van der Waals surface area contributed by atoms with Crippen molar-refractivity contribution in [2.24, 2.45) is 0 Å². The number of benzene rings is 1. The molecule has 0 saturated heterocycles. The predicted molar refractivity (Wildman–Crippen MR) is 74.3 cm³/mol. The second-order valence-electron chi connectivity index (χ2n) is 4.31. The number of rotatable bonds is 4. The van der Waals surface area contributed by atoms with Crippen molar-refractivity contribution in [3.8, 4) is 0 Å². The third kappa shape index (κ3) is 3.55. The van der Waals surface area contributed by atoms with Gasteiger partial charge in [-0.25, -0.2) is 26.9 Å². The van der Waals surface area contributed by atoms with Crippen LogP contribution < -0.4 is 4.72 Å². The zero-order chi connectivity index (χ0) is 15.6. The van der Waals surface area contributed by atoms with E-state index in [1.165, 1.54) is 31.3 Å². The van der Waals surface area contributed by atoms with Crippen LogP contribution in [-0.4, -0.2) is 13.4 Å². The zero-order valence-electron chi connectivity index (χ0n) is 10.8. The van der Waals surface area contributed by atoms with Crippen molar-refractivity contribution in [3.63, 3.8) is 0 Å². The van der Waals surface area contributed by atoms with Crippen LogP contribution in [0.25, 0.3) is 0 Å². The van der Waals surface area contributed by atoms with Gasteiger partial charge in [-0.15, -0.1) is 0 Å². The maximum absolute atomic E-state index is 13.2. The highest BCUT2D eigenvalue weighted by Crippen LogP contribution is 2.22. The molecule has 4 nitrogen and oxygen atoms in total. The highest BCUT2D eigenvalue weighted by molar-refractivity contribution is 7.89. The summed E-state index contributed by atoms with van der Waals surface area (Å²) in [6.45, 7) is 1.51. The first-order valence-corrected chi connectivity index (χ1v) is 7.75. The lowest BCUT2D eigenvalue weighted by molar-refractivity contribution is 0.504. The molecule has 0 fully saturated rings. The largest absolute Gasteiger partial charge is 0.244 e. The molecule has 0 aliphatic rings. The Morgan fingerprint density at radius 1 is 1.24 bits per heavy atom. The number of halogens is 3. The van der Waals surface area contributed by atoms with Crippen LogP contribution in [0.4, 0.5) is 8.78 Å². The quantitative estimate of drug-likeness (QED) is 0.875. The minimum Gasteiger partial charge on any atom is -0.243 e. The van der Waals surface area contributed by atoms with Gasteiger partial charge in [-0.2, -0.15) is 0 Å². The average Bonchev–Trinajstić information content (AvgIpc) is 2.41. The summed E-state index contributed by atoms with van der Waals surface area (Å²) in [6, 6.07) is 5.15. The van der Waals surface area contributed by atoms with Crippen LogP contribution in [0.2, 0.25) is 5.15 Å². The van der Waals surface area contributed by atoms with E-state index < -0.39 is 27.7 Å². The zero-order valence-corrected chi connectivity index (χ0v) is 12.4. The van der Waals surface area contributed by atoms with E-state index in [9.17, 15) is 17.2 Å². The van der Waals surface area contributed by atoms with Gasteiger partial charge >= 0.3 is 0 Å². The number of nitrogens with zero attached hydrogens (tertiary/aromatic N) is 1. The Hall–Kier alpha value is -1.57. The highest BCUT2D eigenvalue weighted by Gasteiger charge is 2.22. The lowest BCUT2D eigenvalue weighted by Crippen LogP contribution is -2.27. The second-order valence-corrected chi connectivity index (χ2v) is 6.35. The molecular weight excluding hydrogens is 322 g/mol. The lowest BCUT2D eigenvalue weighted by Gasteiger charge is -2.15. The molecule has 2 rings (SSSR count). The minimum atomic E-state index is -3.92. The molecule has 1 aromatic carbocycles. The van der Waals surface area contributed by atoms with Gasteiger partial charge in [0.1, 0.15) is 10.0 Å². The van der Waals surface area contributed by atoms with Gasteiger partial charge in [-0.05, 0) is 36.8 Å². The monoisotopic (exact) mass is 332 g/mol. The molecule has 1 heterocycles. The summed E-state index contributed by atoms with van der Waals surface area (Å²) in [6.07, 6.45) is 1.36. The summed E-state index contributed by atoms with van der Waals surface area (Å²) in [5.41, 5.74) is 0.289. The second kappa shape index (κ2) is 6.05. The van der Waals surface area contributed by atoms with Gasteiger partial charge in [0, 0.05) is 12.2 Å². The van der Waals surface area contributed by atoms with E-state index in [-0.39, 0.29) is 15.6 Å². The molecule has 0 aliphatic heterocycles. The Morgan fingerprint density at radius 2 is 1.95 bits per heavy atom. The third-order valence-electron chi connectivity index (χ3n) is 2.79. The van der Waals surface area contributed by atoms with Gasteiger partial charge in [0.05, 0.1) is 0 Å². The smallest absolute Gasteiger partial charge is 0.243 e. The van der Waals surface area contributed by atoms with Crippen molar-refractivity contribution in [3.05, 3.63) is 58.9 Å². The number of sulfonamides is 1. The van der Waals surface area contributed by atoms with Gasteiger partial charge in [-0.3, -0.25) is 0 Å². The normalized spacial score (nSPS) is 13.1. The summed E-state index contributed by atoms with van der Waals surface area (Å²) in [5, 5.41) is -0.164. The van der Waals surface area contributed by atoms with Crippen molar-refractivity contribution >= 4 is 21.6 Å². The fraction of sp³-hybridized carbons (Fsp3) is 0.154. The molecule has 21 heavy (non-hydrogen) atoms. The maximum atomic E-state index is 13.2. The van der Waals surface area contributed by atoms with Crippen LogP contribution in [0, 0.1) is 11.6 Å². The molecule has 0 saturated carbocycles. The van der Waals surface area contributed by atoms with Crippen LogP contribution in [-0.2, 0) is 10.0 Å². The van der Waals surface area contributed by atoms with Gasteiger partial charge < -0.3 is 0 Å². The summed E-state index contributed by atoms with van der Waals surface area (Å²) >= 11 is 5.74. The fourth-order valence-electron chi connectivity index (χ4n) is 1.72. The van der Waals surface area contributed by atoms with Crippen LogP contribution in [0.1, 0.15) is 18.5 Å². The molecule has 8 heteroatoms. The number of pyridine rings is 1. The lowest BCUT2D eigenvalue weighted by atomic mass is 10.1. The fourth-order valence-corrected chi connectivity index (χ4v) is 3.40. The van der Waals surface area contributed by atoms with Crippen molar-refractivity contribution in [2.75, 3.05) is 0 Å². The van der Waals surface area contributed by atoms with E-state index in [0.717, 1.165) is 12.1 Å². The first kappa shape index (κ1) is 15.8. The van der Waals surface area contributed by atoms with Crippen molar-refractivity contribution < 1.29 is 17.2 Å². The van der Waals surface area contributed by atoms with E-state index >= 15 is 0 Å². The molecule has 0 radical (unpaired) electrons. The topological polar surface area (TPSA) is 59.1 Å². The van der Waals surface area contributed by atoms with E-state index in [0.29, 0.717) is 0 Å². The Labute approximate surface area is 125 Å². The molecule has 1 N–H and O–H groups in total. The van der Waals surface area contributed by atoms with Gasteiger partial charge in [0.2, 0.25) is 10.0 Å². The molecule has 0 aliphatic carbocycles. The standard InChI is InChI=1S/C13H11ClF2N2O2S/c1-8(9-4-5-10(15)11(16)7-9)18-21(19,20)12-3-2-6-17-13(12)14/h2-8,18H,1H3. The van der Waals surface area contributed by atoms with E-state index in [4.69, 9.17) is 11.6 Å². The molecule has 0 bridgehead atoms. The minimum absolute atomic E-state index is 0.164. The molecule has 1 unspecified atom stereocenters. The highest BCUT2D eigenvalue weighted by atomic mass is 35.5. The Morgan fingerprint density at radius 3 is 2.57 bits per heavy atom. The third-order valence-corrected chi connectivity index (χ3v) is 4.78.